The molecule has 0 atom stereocenters. The Balaban J connectivity index is 2.00. The molecule has 0 spiro atoms. The van der Waals surface area contributed by atoms with Crippen LogP contribution < -0.4 is 16.4 Å². The zero-order valence-corrected chi connectivity index (χ0v) is 13.4. The molecule has 0 aromatic heterocycles. The minimum Gasteiger partial charge on any atom is -0.366 e. The van der Waals surface area contributed by atoms with Gasteiger partial charge in [0.1, 0.15) is 0 Å². The second-order valence-corrected chi connectivity index (χ2v) is 5.71. The Labute approximate surface area is 135 Å². The maximum Gasteiger partial charge on any atom is 0.248 e. The fourth-order valence-electron chi connectivity index (χ4n) is 1.99. The fourth-order valence-corrected chi connectivity index (χ4v) is 2.22. The summed E-state index contributed by atoms with van der Waals surface area (Å²) in [7, 11) is 0. The number of thiocarbonyl (C=S) groups is 1. The Morgan fingerprint density at radius 3 is 2.27 bits per heavy atom. The Bertz CT molecular complexity index is 681. The monoisotopic (exact) mass is 313 g/mol. The summed E-state index contributed by atoms with van der Waals surface area (Å²) in [6.45, 7) is 4.30. The number of hydrogen-bond donors (Lipinski definition) is 3. The van der Waals surface area contributed by atoms with Crippen molar-refractivity contribution in [2.24, 2.45) is 5.73 Å². The summed E-state index contributed by atoms with van der Waals surface area (Å²) >= 11 is 5.30. The van der Waals surface area contributed by atoms with E-state index in [1.54, 1.807) is 24.3 Å². The number of amides is 1. The van der Waals surface area contributed by atoms with Crippen LogP contribution in [0.4, 0.5) is 11.4 Å². The summed E-state index contributed by atoms with van der Waals surface area (Å²) in [5.74, 6) is 0.0161. The molecule has 2 rings (SSSR count). The van der Waals surface area contributed by atoms with Crippen molar-refractivity contribution in [3.8, 4) is 0 Å². The number of carbonyl (C=O) groups is 1. The van der Waals surface area contributed by atoms with Crippen LogP contribution in [0.5, 0.6) is 0 Å². The van der Waals surface area contributed by atoms with Crippen molar-refractivity contribution < 1.29 is 4.79 Å². The molecule has 0 radical (unpaired) electrons. The van der Waals surface area contributed by atoms with Crippen molar-refractivity contribution in [1.29, 1.82) is 0 Å². The zero-order valence-electron chi connectivity index (χ0n) is 12.6. The Morgan fingerprint density at radius 1 is 1.05 bits per heavy atom. The molecule has 2 aromatic carbocycles. The average Bonchev–Trinajstić information content (AvgIpc) is 2.47. The van der Waals surface area contributed by atoms with Gasteiger partial charge in [-0.15, -0.1) is 0 Å². The topological polar surface area (TPSA) is 67.2 Å². The highest BCUT2D eigenvalue weighted by Crippen LogP contribution is 2.19. The van der Waals surface area contributed by atoms with Crippen molar-refractivity contribution in [1.82, 2.24) is 0 Å². The predicted octanol–water partition coefficient (Wildman–Crippen LogP) is 3.72. The molecule has 1 amide bonds. The molecule has 0 unspecified atom stereocenters. The standard InChI is InChI=1S/C17H19N3OS/c1-11(2)13-4-3-5-15(10-13)20-17(22)19-14-8-6-12(7-9-14)16(18)21/h3-11H,1-2H3,(H2,18,21)(H2,19,20,22). The number of rotatable bonds is 4. The molecule has 0 aliphatic carbocycles. The van der Waals surface area contributed by atoms with E-state index in [9.17, 15) is 4.79 Å². The lowest BCUT2D eigenvalue weighted by Gasteiger charge is -2.13. The summed E-state index contributed by atoms with van der Waals surface area (Å²) in [6.07, 6.45) is 0. The second-order valence-electron chi connectivity index (χ2n) is 5.30. The van der Waals surface area contributed by atoms with Gasteiger partial charge in [0.15, 0.2) is 5.11 Å². The molecule has 4 N–H and O–H groups in total. The lowest BCUT2D eigenvalue weighted by molar-refractivity contribution is 0.100. The third kappa shape index (κ3) is 4.30. The SMILES string of the molecule is CC(C)c1cccc(NC(=S)Nc2ccc(C(N)=O)cc2)c1. The molecule has 0 aliphatic rings. The van der Waals surface area contributed by atoms with E-state index < -0.39 is 5.91 Å². The first-order valence-electron chi connectivity index (χ1n) is 7.03. The fraction of sp³-hybridized carbons (Fsp3) is 0.176. The van der Waals surface area contributed by atoms with Gasteiger partial charge in [-0.25, -0.2) is 0 Å². The van der Waals surface area contributed by atoms with Crippen LogP contribution in [-0.2, 0) is 0 Å². The van der Waals surface area contributed by atoms with Crippen LogP contribution >= 0.6 is 12.2 Å². The minimum absolute atomic E-state index is 0.447. The van der Waals surface area contributed by atoms with E-state index in [0.717, 1.165) is 11.4 Å². The van der Waals surface area contributed by atoms with Gasteiger partial charge in [0.25, 0.3) is 0 Å². The van der Waals surface area contributed by atoms with E-state index in [1.807, 2.05) is 12.1 Å². The highest BCUT2D eigenvalue weighted by molar-refractivity contribution is 7.80. The Morgan fingerprint density at radius 2 is 1.68 bits per heavy atom. The summed E-state index contributed by atoms with van der Waals surface area (Å²) in [6, 6.07) is 15.0. The van der Waals surface area contributed by atoms with Gasteiger partial charge in [0, 0.05) is 16.9 Å². The van der Waals surface area contributed by atoms with E-state index in [4.69, 9.17) is 18.0 Å². The van der Waals surface area contributed by atoms with Crippen LogP contribution in [0, 0.1) is 0 Å². The number of benzene rings is 2. The van der Waals surface area contributed by atoms with Crippen LogP contribution in [0.25, 0.3) is 0 Å². The first-order valence-corrected chi connectivity index (χ1v) is 7.44. The van der Waals surface area contributed by atoms with Gasteiger partial charge < -0.3 is 16.4 Å². The molecular formula is C17H19N3OS. The van der Waals surface area contributed by atoms with Crippen LogP contribution in [0.15, 0.2) is 48.5 Å². The number of nitrogens with one attached hydrogen (secondary N) is 2. The van der Waals surface area contributed by atoms with Crippen molar-refractivity contribution in [3.63, 3.8) is 0 Å². The summed E-state index contributed by atoms with van der Waals surface area (Å²) in [4.78, 5) is 11.0. The molecule has 2 aromatic rings. The predicted molar refractivity (Wildman–Crippen MR) is 95.3 cm³/mol. The zero-order chi connectivity index (χ0) is 16.1. The van der Waals surface area contributed by atoms with Gasteiger partial charge in [-0.3, -0.25) is 4.79 Å². The molecule has 0 fully saturated rings. The summed E-state index contributed by atoms with van der Waals surface area (Å²) < 4.78 is 0. The molecule has 5 heteroatoms. The summed E-state index contributed by atoms with van der Waals surface area (Å²) in [5, 5.41) is 6.72. The Hall–Kier alpha value is -2.40. The van der Waals surface area contributed by atoms with Crippen molar-refractivity contribution in [2.75, 3.05) is 10.6 Å². The van der Waals surface area contributed by atoms with Crippen molar-refractivity contribution in [2.45, 2.75) is 19.8 Å². The van der Waals surface area contributed by atoms with Crippen LogP contribution in [0.2, 0.25) is 0 Å². The Kier molecular flexibility index (Phi) is 5.12. The molecule has 114 valence electrons. The lowest BCUT2D eigenvalue weighted by atomic mass is 10.0. The number of carbonyl (C=O) groups excluding carboxylic acids is 1. The largest absolute Gasteiger partial charge is 0.366 e. The van der Waals surface area contributed by atoms with Gasteiger partial charge in [0.2, 0.25) is 5.91 Å². The summed E-state index contributed by atoms with van der Waals surface area (Å²) in [5.41, 5.74) is 8.66. The number of anilines is 2. The van der Waals surface area contributed by atoms with E-state index >= 15 is 0 Å². The maximum atomic E-state index is 11.0. The van der Waals surface area contributed by atoms with Gasteiger partial charge in [0.05, 0.1) is 0 Å². The first-order chi connectivity index (χ1) is 10.5. The minimum atomic E-state index is -0.447. The second kappa shape index (κ2) is 7.04. The molecular weight excluding hydrogens is 294 g/mol. The quantitative estimate of drug-likeness (QED) is 0.753. The highest BCUT2D eigenvalue weighted by atomic mass is 32.1. The number of hydrogen-bond acceptors (Lipinski definition) is 2. The van der Waals surface area contributed by atoms with Gasteiger partial charge >= 0.3 is 0 Å². The molecule has 0 aliphatic heterocycles. The van der Waals surface area contributed by atoms with Crippen LogP contribution in [-0.4, -0.2) is 11.0 Å². The lowest BCUT2D eigenvalue weighted by Crippen LogP contribution is -2.19. The molecule has 0 saturated carbocycles. The molecule has 4 nitrogen and oxygen atoms in total. The van der Waals surface area contributed by atoms with Crippen molar-refractivity contribution >= 4 is 34.6 Å². The molecule has 0 heterocycles. The van der Waals surface area contributed by atoms with Gasteiger partial charge in [-0.1, -0.05) is 26.0 Å². The van der Waals surface area contributed by atoms with E-state index in [2.05, 4.69) is 36.6 Å². The molecule has 0 bridgehead atoms. The number of nitrogens with two attached hydrogens (primary N) is 1. The third-order valence-electron chi connectivity index (χ3n) is 3.24. The molecule has 22 heavy (non-hydrogen) atoms. The maximum absolute atomic E-state index is 11.0. The smallest absolute Gasteiger partial charge is 0.248 e. The van der Waals surface area contributed by atoms with E-state index in [-0.39, 0.29) is 0 Å². The van der Waals surface area contributed by atoms with Crippen LogP contribution in [0.3, 0.4) is 0 Å². The van der Waals surface area contributed by atoms with Crippen LogP contribution in [0.1, 0.15) is 35.7 Å². The van der Waals surface area contributed by atoms with E-state index in [0.29, 0.717) is 16.6 Å². The number of primary amides is 1. The molecule has 0 saturated heterocycles. The van der Waals surface area contributed by atoms with E-state index in [1.165, 1.54) is 5.56 Å². The first kappa shape index (κ1) is 16.0. The van der Waals surface area contributed by atoms with Gasteiger partial charge in [-0.05, 0) is 60.1 Å². The van der Waals surface area contributed by atoms with Crippen molar-refractivity contribution in [3.05, 3.63) is 59.7 Å². The highest BCUT2D eigenvalue weighted by Gasteiger charge is 2.04. The van der Waals surface area contributed by atoms with Gasteiger partial charge in [-0.2, -0.15) is 0 Å². The normalized spacial score (nSPS) is 10.3. The third-order valence-corrected chi connectivity index (χ3v) is 3.44. The average molecular weight is 313 g/mol.